The van der Waals surface area contributed by atoms with Crippen LogP contribution in [0.2, 0.25) is 0 Å². The molecule has 1 aromatic carbocycles. The van der Waals surface area contributed by atoms with E-state index in [1.807, 2.05) is 6.07 Å². The van der Waals surface area contributed by atoms with E-state index in [9.17, 15) is 4.79 Å². The zero-order chi connectivity index (χ0) is 13.1. The summed E-state index contributed by atoms with van der Waals surface area (Å²) >= 11 is 0. The zero-order valence-electron chi connectivity index (χ0n) is 10.7. The first-order chi connectivity index (χ1) is 8.60. The highest BCUT2D eigenvalue weighted by Gasteiger charge is 2.25. The predicted octanol–water partition coefficient (Wildman–Crippen LogP) is 1.28. The van der Waals surface area contributed by atoms with Crippen molar-refractivity contribution in [1.29, 1.82) is 0 Å². The lowest BCUT2D eigenvalue weighted by atomic mass is 10.2. The van der Waals surface area contributed by atoms with Crippen molar-refractivity contribution in [3.05, 3.63) is 18.2 Å². The number of rotatable bonds is 3. The van der Waals surface area contributed by atoms with E-state index in [-0.39, 0.29) is 12.0 Å². The maximum atomic E-state index is 11.2. The average molecular weight is 250 g/mol. The van der Waals surface area contributed by atoms with Crippen molar-refractivity contribution in [1.82, 2.24) is 4.90 Å². The molecule has 0 saturated carbocycles. The molecular weight excluding hydrogens is 232 g/mol. The van der Waals surface area contributed by atoms with Crippen LogP contribution in [0.3, 0.4) is 0 Å². The van der Waals surface area contributed by atoms with Crippen LogP contribution in [0.4, 0.5) is 5.69 Å². The number of benzene rings is 1. The van der Waals surface area contributed by atoms with Gasteiger partial charge in [0.25, 0.3) is 0 Å². The lowest BCUT2D eigenvalue weighted by Crippen LogP contribution is -2.28. The molecule has 18 heavy (non-hydrogen) atoms. The monoisotopic (exact) mass is 250 g/mol. The number of methoxy groups -OCH3 is 1. The Bertz CT molecular complexity index is 448. The second-order valence-electron chi connectivity index (χ2n) is 4.40. The quantitative estimate of drug-likeness (QED) is 0.821. The van der Waals surface area contributed by atoms with Gasteiger partial charge in [-0.15, -0.1) is 0 Å². The first-order valence-electron chi connectivity index (χ1n) is 5.96. The second-order valence-corrected chi connectivity index (χ2v) is 4.40. The summed E-state index contributed by atoms with van der Waals surface area (Å²) in [5.74, 6) is 1.42. The summed E-state index contributed by atoms with van der Waals surface area (Å²) in [6.45, 7) is 2.97. The van der Waals surface area contributed by atoms with Gasteiger partial charge in [-0.1, -0.05) is 0 Å². The van der Waals surface area contributed by atoms with E-state index in [1.165, 1.54) is 0 Å². The summed E-state index contributed by atoms with van der Waals surface area (Å²) in [7, 11) is 1.57. The highest BCUT2D eigenvalue weighted by Crippen LogP contribution is 2.28. The van der Waals surface area contributed by atoms with Gasteiger partial charge in [-0.05, 0) is 12.1 Å². The van der Waals surface area contributed by atoms with Crippen LogP contribution in [0.1, 0.15) is 13.3 Å². The van der Waals surface area contributed by atoms with Crippen molar-refractivity contribution in [3.8, 4) is 11.5 Å². The van der Waals surface area contributed by atoms with Crippen molar-refractivity contribution < 1.29 is 14.3 Å². The zero-order valence-corrected chi connectivity index (χ0v) is 10.7. The van der Waals surface area contributed by atoms with Gasteiger partial charge in [0.1, 0.15) is 17.6 Å². The molecule has 0 spiro atoms. The molecule has 1 atom stereocenters. The van der Waals surface area contributed by atoms with Gasteiger partial charge in [0.05, 0.1) is 19.3 Å². The summed E-state index contributed by atoms with van der Waals surface area (Å²) in [6.07, 6.45) is 0.897. The van der Waals surface area contributed by atoms with Crippen LogP contribution in [0.5, 0.6) is 11.5 Å². The third kappa shape index (κ3) is 2.67. The maximum Gasteiger partial charge on any atom is 0.219 e. The van der Waals surface area contributed by atoms with E-state index in [4.69, 9.17) is 15.2 Å². The second kappa shape index (κ2) is 5.16. The molecule has 0 aliphatic carbocycles. The third-order valence-corrected chi connectivity index (χ3v) is 3.10. The Balaban J connectivity index is 2.00. The highest BCUT2D eigenvalue weighted by molar-refractivity contribution is 5.73. The van der Waals surface area contributed by atoms with Crippen LogP contribution < -0.4 is 15.2 Å². The number of nitrogens with two attached hydrogens (primary N) is 1. The molecule has 98 valence electrons. The fourth-order valence-corrected chi connectivity index (χ4v) is 2.07. The van der Waals surface area contributed by atoms with Crippen molar-refractivity contribution in [2.75, 3.05) is 25.9 Å². The number of amides is 1. The molecule has 1 amide bonds. The molecule has 1 aliphatic rings. The average Bonchev–Trinajstić information content (AvgIpc) is 2.80. The summed E-state index contributed by atoms with van der Waals surface area (Å²) in [5.41, 5.74) is 6.32. The first kappa shape index (κ1) is 12.5. The number of carbonyl (C=O) groups is 1. The third-order valence-electron chi connectivity index (χ3n) is 3.10. The number of nitrogens with zero attached hydrogens (tertiary/aromatic N) is 1. The molecular formula is C13H18N2O3. The Labute approximate surface area is 106 Å². The van der Waals surface area contributed by atoms with Gasteiger partial charge in [-0.2, -0.15) is 0 Å². The number of likely N-dealkylation sites (tertiary alicyclic amines) is 1. The maximum absolute atomic E-state index is 11.2. The minimum absolute atomic E-state index is 0.0437. The number of ether oxygens (including phenoxy) is 2. The summed E-state index contributed by atoms with van der Waals surface area (Å²) in [5, 5.41) is 0. The number of anilines is 1. The Kier molecular flexibility index (Phi) is 3.60. The molecule has 5 nitrogen and oxygen atoms in total. The van der Waals surface area contributed by atoms with Gasteiger partial charge >= 0.3 is 0 Å². The van der Waals surface area contributed by atoms with Crippen LogP contribution >= 0.6 is 0 Å². The van der Waals surface area contributed by atoms with Crippen LogP contribution in [-0.2, 0) is 4.79 Å². The van der Waals surface area contributed by atoms with Crippen molar-refractivity contribution in [2.24, 2.45) is 0 Å². The molecule has 0 bridgehead atoms. The number of hydrogen-bond donors (Lipinski definition) is 1. The van der Waals surface area contributed by atoms with Crippen LogP contribution in [0, 0.1) is 0 Å². The predicted molar refractivity (Wildman–Crippen MR) is 68.7 cm³/mol. The van der Waals surface area contributed by atoms with E-state index < -0.39 is 0 Å². The normalized spacial score (nSPS) is 18.8. The molecule has 2 rings (SSSR count). The molecule has 2 N–H and O–H groups in total. The Morgan fingerprint density at radius 1 is 1.50 bits per heavy atom. The van der Waals surface area contributed by atoms with Crippen LogP contribution in [0.15, 0.2) is 18.2 Å². The summed E-state index contributed by atoms with van der Waals surface area (Å²) in [4.78, 5) is 13.0. The molecule has 0 aromatic heterocycles. The van der Waals surface area contributed by atoms with Gasteiger partial charge in [0, 0.05) is 26.0 Å². The smallest absolute Gasteiger partial charge is 0.219 e. The Morgan fingerprint density at radius 2 is 2.28 bits per heavy atom. The standard InChI is InChI=1S/C13H18N2O3/c1-9(16)15-6-5-11(8-15)18-10-3-4-12(14)13(7-10)17-2/h3-4,7,11H,5-6,8,14H2,1-2H3/t11-/m1/s1. The lowest BCUT2D eigenvalue weighted by molar-refractivity contribution is -0.128. The lowest BCUT2D eigenvalue weighted by Gasteiger charge is -2.16. The van der Waals surface area contributed by atoms with E-state index >= 15 is 0 Å². The number of hydrogen-bond acceptors (Lipinski definition) is 4. The Morgan fingerprint density at radius 3 is 2.89 bits per heavy atom. The largest absolute Gasteiger partial charge is 0.494 e. The number of nitrogen functional groups attached to an aromatic ring is 1. The van der Waals surface area contributed by atoms with Gasteiger partial charge in [-0.3, -0.25) is 4.79 Å². The summed E-state index contributed by atoms with van der Waals surface area (Å²) < 4.78 is 11.0. The molecule has 1 aliphatic heterocycles. The van der Waals surface area contributed by atoms with Crippen molar-refractivity contribution in [2.45, 2.75) is 19.4 Å². The first-order valence-corrected chi connectivity index (χ1v) is 5.96. The summed E-state index contributed by atoms with van der Waals surface area (Å²) in [6, 6.07) is 5.34. The minimum Gasteiger partial charge on any atom is -0.494 e. The van der Waals surface area contributed by atoms with Gasteiger partial charge < -0.3 is 20.1 Å². The van der Waals surface area contributed by atoms with Crippen molar-refractivity contribution >= 4 is 11.6 Å². The molecule has 1 aromatic rings. The molecule has 5 heteroatoms. The van der Waals surface area contributed by atoms with E-state index in [2.05, 4.69) is 0 Å². The topological polar surface area (TPSA) is 64.8 Å². The molecule has 1 fully saturated rings. The molecule has 0 unspecified atom stereocenters. The number of carbonyl (C=O) groups excluding carboxylic acids is 1. The van der Waals surface area contributed by atoms with Gasteiger partial charge in [0.15, 0.2) is 0 Å². The van der Waals surface area contributed by atoms with Gasteiger partial charge in [0.2, 0.25) is 5.91 Å². The minimum atomic E-state index is 0.0437. The molecule has 1 saturated heterocycles. The fraction of sp³-hybridized carbons (Fsp3) is 0.462. The molecule has 0 radical (unpaired) electrons. The SMILES string of the molecule is COc1cc(O[C@@H]2CCN(C(C)=O)C2)ccc1N. The van der Waals surface area contributed by atoms with Crippen LogP contribution in [0.25, 0.3) is 0 Å². The van der Waals surface area contributed by atoms with E-state index in [0.29, 0.717) is 18.0 Å². The fourth-order valence-electron chi connectivity index (χ4n) is 2.07. The van der Waals surface area contributed by atoms with E-state index in [0.717, 1.165) is 18.7 Å². The highest BCUT2D eigenvalue weighted by atomic mass is 16.5. The molecule has 1 heterocycles. The Hall–Kier alpha value is -1.91. The van der Waals surface area contributed by atoms with Crippen LogP contribution in [-0.4, -0.2) is 37.1 Å². The van der Waals surface area contributed by atoms with Gasteiger partial charge in [-0.25, -0.2) is 0 Å². The van der Waals surface area contributed by atoms with E-state index in [1.54, 1.807) is 31.1 Å². The van der Waals surface area contributed by atoms with Crippen molar-refractivity contribution in [3.63, 3.8) is 0 Å².